The van der Waals surface area contributed by atoms with Gasteiger partial charge >= 0.3 is 6.18 Å². The van der Waals surface area contributed by atoms with Crippen LogP contribution >= 0.6 is 11.6 Å². The van der Waals surface area contributed by atoms with E-state index in [9.17, 15) is 27.5 Å². The molecule has 0 aliphatic rings. The number of benzene rings is 1. The minimum absolute atomic E-state index is 0.108. The molecule has 1 aromatic rings. The molecule has 0 unspecified atom stereocenters. The highest BCUT2D eigenvalue weighted by atomic mass is 35.5. The summed E-state index contributed by atoms with van der Waals surface area (Å²) >= 11 is 5.34. The molecule has 0 amide bonds. The highest BCUT2D eigenvalue weighted by Gasteiger charge is 2.36. The summed E-state index contributed by atoms with van der Waals surface area (Å²) in [6.07, 6.45) is -5.22. The third-order valence-corrected chi connectivity index (χ3v) is 2.04. The SMILES string of the molecule is O=C(/C=C(\[O-])c1ccc(F)c(Cl)c1)C(F)(F)F. The normalized spacial score (nSPS) is 12.6. The molecule has 1 aromatic carbocycles. The maximum atomic E-state index is 12.7. The Bertz CT molecular complexity index is 480. The van der Waals surface area contributed by atoms with Crippen molar-refractivity contribution in [1.82, 2.24) is 0 Å². The van der Waals surface area contributed by atoms with Crippen molar-refractivity contribution in [1.29, 1.82) is 0 Å². The second-order valence-electron chi connectivity index (χ2n) is 3.00. The Morgan fingerprint density at radius 2 is 1.94 bits per heavy atom. The monoisotopic (exact) mass is 267 g/mol. The predicted octanol–water partition coefficient (Wildman–Crippen LogP) is 2.31. The summed E-state index contributed by atoms with van der Waals surface area (Å²) in [4.78, 5) is 10.5. The fourth-order valence-corrected chi connectivity index (χ4v) is 1.11. The number of halogens is 5. The third-order valence-electron chi connectivity index (χ3n) is 1.75. The Kier molecular flexibility index (Phi) is 3.77. The maximum absolute atomic E-state index is 12.7. The minimum Gasteiger partial charge on any atom is -0.872 e. The van der Waals surface area contributed by atoms with Crippen LogP contribution in [-0.2, 0) is 4.79 Å². The zero-order chi connectivity index (χ0) is 13.2. The summed E-state index contributed by atoms with van der Waals surface area (Å²) in [7, 11) is 0. The van der Waals surface area contributed by atoms with Crippen LogP contribution in [0, 0.1) is 5.82 Å². The van der Waals surface area contributed by atoms with Crippen molar-refractivity contribution in [2.75, 3.05) is 0 Å². The van der Waals surface area contributed by atoms with Gasteiger partial charge in [-0.1, -0.05) is 23.4 Å². The first-order valence-electron chi connectivity index (χ1n) is 4.17. The molecule has 0 heterocycles. The molecule has 0 saturated carbocycles. The van der Waals surface area contributed by atoms with Crippen molar-refractivity contribution in [3.05, 3.63) is 40.7 Å². The second-order valence-corrected chi connectivity index (χ2v) is 3.41. The molecule has 1 rings (SSSR count). The number of rotatable bonds is 2. The fraction of sp³-hybridized carbons (Fsp3) is 0.100. The number of carbonyl (C=O) groups is 1. The highest BCUT2D eigenvalue weighted by Crippen LogP contribution is 2.21. The molecular weight excluding hydrogens is 264 g/mol. The van der Waals surface area contributed by atoms with Gasteiger partial charge in [0.25, 0.3) is 5.78 Å². The van der Waals surface area contributed by atoms with Crippen LogP contribution in [0.1, 0.15) is 5.56 Å². The predicted molar refractivity (Wildman–Crippen MR) is 50.4 cm³/mol. The lowest BCUT2D eigenvalue weighted by atomic mass is 10.1. The van der Waals surface area contributed by atoms with E-state index in [2.05, 4.69) is 0 Å². The molecule has 0 aliphatic heterocycles. The smallest absolute Gasteiger partial charge is 0.454 e. The van der Waals surface area contributed by atoms with E-state index in [1.54, 1.807) is 0 Å². The molecule has 0 N–H and O–H groups in total. The first-order valence-corrected chi connectivity index (χ1v) is 4.55. The largest absolute Gasteiger partial charge is 0.872 e. The van der Waals surface area contributed by atoms with Gasteiger partial charge in [0.2, 0.25) is 0 Å². The first-order chi connectivity index (χ1) is 7.71. The van der Waals surface area contributed by atoms with E-state index < -0.39 is 28.6 Å². The standard InChI is InChI=1S/C10H5ClF4O2/c11-6-3-5(1-2-7(6)12)8(16)4-9(17)10(13,14)15/h1-4,16H/p-1/b8-4-. The lowest BCUT2D eigenvalue weighted by Crippen LogP contribution is -2.21. The zero-order valence-electron chi connectivity index (χ0n) is 8.02. The van der Waals surface area contributed by atoms with Crippen LogP contribution in [0.15, 0.2) is 24.3 Å². The molecule has 0 spiro atoms. The van der Waals surface area contributed by atoms with Crippen LogP contribution in [0.2, 0.25) is 5.02 Å². The van der Waals surface area contributed by atoms with E-state index in [0.29, 0.717) is 0 Å². The van der Waals surface area contributed by atoms with Crippen LogP contribution in [0.3, 0.4) is 0 Å². The average molecular weight is 268 g/mol. The average Bonchev–Trinajstić information content (AvgIpc) is 2.20. The molecule has 7 heteroatoms. The van der Waals surface area contributed by atoms with Gasteiger partial charge in [-0.2, -0.15) is 13.2 Å². The fourth-order valence-electron chi connectivity index (χ4n) is 0.934. The van der Waals surface area contributed by atoms with Crippen molar-refractivity contribution in [2.24, 2.45) is 0 Å². The van der Waals surface area contributed by atoms with Gasteiger partial charge in [-0.25, -0.2) is 4.39 Å². The first kappa shape index (κ1) is 13.5. The number of carbonyl (C=O) groups excluding carboxylic acids is 1. The Morgan fingerprint density at radius 3 is 2.41 bits per heavy atom. The molecule has 0 aliphatic carbocycles. The topological polar surface area (TPSA) is 40.1 Å². The lowest BCUT2D eigenvalue weighted by molar-refractivity contribution is -0.244. The van der Waals surface area contributed by atoms with E-state index in [1.165, 1.54) is 0 Å². The van der Waals surface area contributed by atoms with Crippen LogP contribution in [0.4, 0.5) is 17.6 Å². The molecule has 0 atom stereocenters. The lowest BCUT2D eigenvalue weighted by Gasteiger charge is -2.13. The van der Waals surface area contributed by atoms with Crippen molar-refractivity contribution in [2.45, 2.75) is 6.18 Å². The van der Waals surface area contributed by atoms with Gasteiger partial charge in [0, 0.05) is 0 Å². The quantitative estimate of drug-likeness (QED) is 0.469. The van der Waals surface area contributed by atoms with E-state index in [0.717, 1.165) is 18.2 Å². The molecule has 0 bridgehead atoms. The molecule has 17 heavy (non-hydrogen) atoms. The summed E-state index contributed by atoms with van der Waals surface area (Å²) in [5, 5.41) is 10.8. The molecule has 0 aromatic heterocycles. The van der Waals surface area contributed by atoms with E-state index >= 15 is 0 Å². The summed E-state index contributed by atoms with van der Waals surface area (Å²) in [5.41, 5.74) is -0.297. The maximum Gasteiger partial charge on any atom is 0.454 e. The second kappa shape index (κ2) is 4.75. The molecule has 0 saturated heterocycles. The van der Waals surface area contributed by atoms with E-state index in [4.69, 9.17) is 11.6 Å². The van der Waals surface area contributed by atoms with Gasteiger partial charge in [0.05, 0.1) is 5.02 Å². The highest BCUT2D eigenvalue weighted by molar-refractivity contribution is 6.30. The number of hydrogen-bond acceptors (Lipinski definition) is 2. The Labute approximate surface area is 98.1 Å². The van der Waals surface area contributed by atoms with E-state index in [-0.39, 0.29) is 11.6 Å². The summed E-state index contributed by atoms with van der Waals surface area (Å²) in [5.74, 6) is -4.28. The van der Waals surface area contributed by atoms with Crippen molar-refractivity contribution >= 4 is 23.1 Å². The van der Waals surface area contributed by atoms with Crippen LogP contribution < -0.4 is 5.11 Å². The van der Waals surface area contributed by atoms with Gasteiger partial charge in [0.15, 0.2) is 0 Å². The van der Waals surface area contributed by atoms with Gasteiger partial charge in [-0.15, -0.1) is 0 Å². The zero-order valence-corrected chi connectivity index (χ0v) is 8.77. The Morgan fingerprint density at radius 1 is 1.35 bits per heavy atom. The van der Waals surface area contributed by atoms with Gasteiger partial charge in [-0.05, 0) is 23.8 Å². The Balaban J connectivity index is 3.04. The number of ketones is 1. The minimum atomic E-state index is -5.11. The van der Waals surface area contributed by atoms with Gasteiger partial charge in [0.1, 0.15) is 5.82 Å². The molecule has 92 valence electrons. The summed E-state index contributed by atoms with van der Waals surface area (Å²) in [6, 6.07) is 2.60. The van der Waals surface area contributed by atoms with Crippen molar-refractivity contribution in [3.63, 3.8) is 0 Å². The third kappa shape index (κ3) is 3.45. The Hall–Kier alpha value is -1.56. The van der Waals surface area contributed by atoms with Crippen LogP contribution in [-0.4, -0.2) is 12.0 Å². The van der Waals surface area contributed by atoms with E-state index in [1.807, 2.05) is 0 Å². The molecule has 0 fully saturated rings. The van der Waals surface area contributed by atoms with Crippen LogP contribution in [0.5, 0.6) is 0 Å². The van der Waals surface area contributed by atoms with Gasteiger partial charge in [-0.3, -0.25) is 4.79 Å². The molecule has 2 nitrogen and oxygen atoms in total. The van der Waals surface area contributed by atoms with Crippen LogP contribution in [0.25, 0.3) is 5.76 Å². The summed E-state index contributed by atoms with van der Waals surface area (Å²) < 4.78 is 48.3. The van der Waals surface area contributed by atoms with Gasteiger partial charge < -0.3 is 5.11 Å². The van der Waals surface area contributed by atoms with Crippen molar-refractivity contribution in [3.8, 4) is 0 Å². The van der Waals surface area contributed by atoms with Crippen molar-refractivity contribution < 1.29 is 27.5 Å². The molecule has 0 radical (unpaired) electrons. The number of alkyl halides is 3. The molecular formula is C10H4ClF4O2-. The number of hydrogen-bond donors (Lipinski definition) is 0. The summed E-state index contributed by atoms with van der Waals surface area (Å²) in [6.45, 7) is 0. The number of allylic oxidation sites excluding steroid dienone is 1.